The summed E-state index contributed by atoms with van der Waals surface area (Å²) in [6.45, 7) is 5.58. The lowest BCUT2D eigenvalue weighted by Crippen LogP contribution is -1.84. The van der Waals surface area contributed by atoms with Gasteiger partial charge < -0.3 is 0 Å². The van der Waals surface area contributed by atoms with E-state index in [1.807, 2.05) is 13.0 Å². The topological polar surface area (TPSA) is 0 Å². The minimum absolute atomic E-state index is 0.181. The number of hydrogen-bond acceptors (Lipinski definition) is 0. The van der Waals surface area contributed by atoms with E-state index in [0.717, 1.165) is 17.5 Å². The van der Waals surface area contributed by atoms with Crippen LogP contribution in [0, 0.1) is 5.82 Å². The second-order valence-electron chi connectivity index (χ2n) is 2.45. The zero-order valence-corrected chi connectivity index (χ0v) is 6.60. The highest BCUT2D eigenvalue weighted by molar-refractivity contribution is 5.48. The van der Waals surface area contributed by atoms with Gasteiger partial charge >= 0.3 is 0 Å². The maximum absolute atomic E-state index is 12.8. The predicted molar refractivity (Wildman–Crippen MR) is 45.9 cm³/mol. The van der Waals surface area contributed by atoms with Gasteiger partial charge in [-0.2, -0.15) is 0 Å². The molecule has 0 amide bonds. The maximum Gasteiger partial charge on any atom is 0.124 e. The van der Waals surface area contributed by atoms with Crippen molar-refractivity contribution in [3.63, 3.8) is 0 Å². The lowest BCUT2D eigenvalue weighted by Gasteiger charge is -1.98. The average Bonchev–Trinajstić information content (AvgIpc) is 2.03. The number of halogens is 1. The van der Waals surface area contributed by atoms with Crippen molar-refractivity contribution < 1.29 is 4.39 Å². The van der Waals surface area contributed by atoms with Crippen molar-refractivity contribution in [1.82, 2.24) is 0 Å². The van der Waals surface area contributed by atoms with E-state index >= 15 is 0 Å². The van der Waals surface area contributed by atoms with Crippen LogP contribution in [-0.2, 0) is 6.42 Å². The van der Waals surface area contributed by atoms with E-state index < -0.39 is 0 Å². The highest BCUT2D eigenvalue weighted by Crippen LogP contribution is 2.10. The maximum atomic E-state index is 12.8. The molecule has 0 saturated carbocycles. The Morgan fingerprint density at radius 2 is 2.18 bits per heavy atom. The van der Waals surface area contributed by atoms with Gasteiger partial charge in [-0.05, 0) is 29.7 Å². The molecule has 0 fully saturated rings. The molecule has 1 aromatic carbocycles. The van der Waals surface area contributed by atoms with Crippen LogP contribution in [-0.4, -0.2) is 0 Å². The van der Waals surface area contributed by atoms with Crippen LogP contribution in [0.15, 0.2) is 24.8 Å². The van der Waals surface area contributed by atoms with E-state index in [0.29, 0.717) is 0 Å². The van der Waals surface area contributed by atoms with Gasteiger partial charge in [0, 0.05) is 0 Å². The molecule has 0 atom stereocenters. The van der Waals surface area contributed by atoms with Gasteiger partial charge in [0.15, 0.2) is 0 Å². The summed E-state index contributed by atoms with van der Waals surface area (Å²) < 4.78 is 12.8. The Hall–Kier alpha value is -1.11. The van der Waals surface area contributed by atoms with Gasteiger partial charge in [0.05, 0.1) is 0 Å². The van der Waals surface area contributed by atoms with Crippen LogP contribution in [0.5, 0.6) is 0 Å². The molecule has 11 heavy (non-hydrogen) atoms. The Morgan fingerprint density at radius 3 is 2.73 bits per heavy atom. The van der Waals surface area contributed by atoms with Crippen LogP contribution >= 0.6 is 0 Å². The molecule has 0 aliphatic carbocycles. The first-order valence-electron chi connectivity index (χ1n) is 3.68. The van der Waals surface area contributed by atoms with Crippen LogP contribution < -0.4 is 0 Å². The van der Waals surface area contributed by atoms with E-state index in [-0.39, 0.29) is 5.82 Å². The van der Waals surface area contributed by atoms with Crippen molar-refractivity contribution in [2.45, 2.75) is 13.3 Å². The van der Waals surface area contributed by atoms with Crippen LogP contribution in [0.3, 0.4) is 0 Å². The van der Waals surface area contributed by atoms with E-state index in [1.165, 1.54) is 6.07 Å². The lowest BCUT2D eigenvalue weighted by molar-refractivity contribution is 0.625. The van der Waals surface area contributed by atoms with Gasteiger partial charge in [0.25, 0.3) is 0 Å². The zero-order chi connectivity index (χ0) is 8.27. The van der Waals surface area contributed by atoms with Crippen molar-refractivity contribution in [3.8, 4) is 0 Å². The molecule has 0 heterocycles. The van der Waals surface area contributed by atoms with Crippen molar-refractivity contribution in [1.29, 1.82) is 0 Å². The first-order valence-corrected chi connectivity index (χ1v) is 3.68. The average molecular weight is 150 g/mol. The molecule has 1 rings (SSSR count). The van der Waals surface area contributed by atoms with Crippen molar-refractivity contribution in [2.75, 3.05) is 0 Å². The molecule has 0 N–H and O–H groups in total. The van der Waals surface area contributed by atoms with Gasteiger partial charge in [0.1, 0.15) is 5.82 Å². The van der Waals surface area contributed by atoms with Crippen LogP contribution in [0.4, 0.5) is 4.39 Å². The summed E-state index contributed by atoms with van der Waals surface area (Å²) in [5, 5.41) is 0. The second kappa shape index (κ2) is 3.33. The molecule has 0 bridgehead atoms. The van der Waals surface area contributed by atoms with Crippen molar-refractivity contribution in [2.24, 2.45) is 0 Å². The second-order valence-corrected chi connectivity index (χ2v) is 2.45. The normalized spacial score (nSPS) is 9.64. The van der Waals surface area contributed by atoms with Crippen molar-refractivity contribution in [3.05, 3.63) is 41.7 Å². The lowest BCUT2D eigenvalue weighted by atomic mass is 10.1. The third kappa shape index (κ3) is 1.90. The quantitative estimate of drug-likeness (QED) is 0.607. The van der Waals surface area contributed by atoms with E-state index in [1.54, 1.807) is 12.1 Å². The Bertz CT molecular complexity index is 264. The SMILES string of the molecule is C=Cc1cc(F)cc(CC)c1. The monoisotopic (exact) mass is 150 g/mol. The van der Waals surface area contributed by atoms with E-state index in [2.05, 4.69) is 6.58 Å². The fraction of sp³-hybridized carbons (Fsp3) is 0.200. The summed E-state index contributed by atoms with van der Waals surface area (Å²) in [6.07, 6.45) is 2.51. The third-order valence-electron chi connectivity index (χ3n) is 1.62. The Labute approximate surface area is 66.4 Å². The van der Waals surface area contributed by atoms with Crippen LogP contribution in [0.2, 0.25) is 0 Å². The van der Waals surface area contributed by atoms with Crippen LogP contribution in [0.25, 0.3) is 6.08 Å². The zero-order valence-electron chi connectivity index (χ0n) is 6.60. The third-order valence-corrected chi connectivity index (χ3v) is 1.62. The van der Waals surface area contributed by atoms with E-state index in [9.17, 15) is 4.39 Å². The highest BCUT2D eigenvalue weighted by Gasteiger charge is 1.95. The van der Waals surface area contributed by atoms with Gasteiger partial charge in [0.2, 0.25) is 0 Å². The Morgan fingerprint density at radius 1 is 1.45 bits per heavy atom. The molecular weight excluding hydrogens is 139 g/mol. The minimum atomic E-state index is -0.181. The molecule has 1 heteroatoms. The molecule has 0 nitrogen and oxygen atoms in total. The molecule has 0 aliphatic heterocycles. The molecule has 0 aliphatic rings. The minimum Gasteiger partial charge on any atom is -0.207 e. The predicted octanol–water partition coefficient (Wildman–Crippen LogP) is 3.03. The molecule has 0 aromatic heterocycles. The summed E-state index contributed by atoms with van der Waals surface area (Å²) in [5.74, 6) is -0.181. The Kier molecular flexibility index (Phi) is 2.42. The molecule has 0 radical (unpaired) electrons. The molecule has 0 unspecified atom stereocenters. The summed E-state index contributed by atoms with van der Waals surface area (Å²) in [4.78, 5) is 0. The van der Waals surface area contributed by atoms with Gasteiger partial charge in [-0.15, -0.1) is 0 Å². The fourth-order valence-electron chi connectivity index (χ4n) is 0.997. The van der Waals surface area contributed by atoms with Crippen LogP contribution in [0.1, 0.15) is 18.1 Å². The summed E-state index contributed by atoms with van der Waals surface area (Å²) in [5.41, 5.74) is 1.86. The highest BCUT2D eigenvalue weighted by atomic mass is 19.1. The first-order chi connectivity index (χ1) is 5.26. The molecule has 58 valence electrons. The molecule has 0 saturated heterocycles. The van der Waals surface area contributed by atoms with Gasteiger partial charge in [-0.25, -0.2) is 4.39 Å². The molecule has 1 aromatic rings. The standard InChI is InChI=1S/C10H11F/c1-3-8-5-9(4-2)7-10(11)6-8/h3,5-7H,1,4H2,2H3. The summed E-state index contributed by atoms with van der Waals surface area (Å²) in [6, 6.07) is 4.97. The summed E-state index contributed by atoms with van der Waals surface area (Å²) >= 11 is 0. The first kappa shape index (κ1) is 7.99. The number of benzene rings is 1. The van der Waals surface area contributed by atoms with Gasteiger partial charge in [-0.3, -0.25) is 0 Å². The van der Waals surface area contributed by atoms with Gasteiger partial charge in [-0.1, -0.05) is 25.6 Å². The fourth-order valence-corrected chi connectivity index (χ4v) is 0.997. The number of rotatable bonds is 2. The smallest absolute Gasteiger partial charge is 0.124 e. The molecule has 0 spiro atoms. The van der Waals surface area contributed by atoms with Crippen molar-refractivity contribution >= 4 is 6.08 Å². The summed E-state index contributed by atoms with van der Waals surface area (Å²) in [7, 11) is 0. The largest absolute Gasteiger partial charge is 0.207 e. The number of aryl methyl sites for hydroxylation is 1. The molecular formula is C10H11F. The number of hydrogen-bond donors (Lipinski definition) is 0. The Balaban J connectivity index is 3.11. The van der Waals surface area contributed by atoms with E-state index in [4.69, 9.17) is 0 Å².